The summed E-state index contributed by atoms with van der Waals surface area (Å²) < 4.78 is 14.8. The van der Waals surface area contributed by atoms with Gasteiger partial charge in [0.1, 0.15) is 11.4 Å². The molecule has 5 nitrogen and oxygen atoms in total. The maximum Gasteiger partial charge on any atom is 0.314 e. The summed E-state index contributed by atoms with van der Waals surface area (Å²) in [7, 11) is 0. The minimum atomic E-state index is -1.26. The molecule has 6 heteroatoms. The molecular weight excluding hydrogens is 285 g/mol. The Balaban J connectivity index is 1.76. The van der Waals surface area contributed by atoms with Crippen molar-refractivity contribution < 1.29 is 14.3 Å². The zero-order valence-corrected chi connectivity index (χ0v) is 12.4. The number of hydrogen-bond donors (Lipinski definition) is 3. The molecule has 0 bridgehead atoms. The molecule has 0 saturated heterocycles. The average Bonchev–Trinajstić information content (AvgIpc) is 2.99. The molecule has 3 N–H and O–H groups in total. The minimum Gasteiger partial charge on any atom is -0.384 e. The summed E-state index contributed by atoms with van der Waals surface area (Å²) in [6.45, 7) is 2.77. The topological polar surface area (TPSA) is 66.3 Å². The Bertz CT molecular complexity index is 594. The van der Waals surface area contributed by atoms with Crippen LogP contribution < -0.4 is 10.6 Å². The predicted octanol–water partition coefficient (Wildman–Crippen LogP) is 1.83. The molecule has 2 aromatic rings. The molecular formula is C16H20FN3O2. The van der Waals surface area contributed by atoms with Gasteiger partial charge in [0, 0.05) is 25.5 Å². The Morgan fingerprint density at radius 1 is 1.23 bits per heavy atom. The van der Waals surface area contributed by atoms with E-state index in [1.807, 2.05) is 29.1 Å². The smallest absolute Gasteiger partial charge is 0.314 e. The molecule has 2 amide bonds. The van der Waals surface area contributed by atoms with E-state index in [1.165, 1.54) is 24.3 Å². The van der Waals surface area contributed by atoms with Gasteiger partial charge in [-0.05, 0) is 36.8 Å². The summed E-state index contributed by atoms with van der Waals surface area (Å²) in [4.78, 5) is 11.7. The van der Waals surface area contributed by atoms with Crippen molar-refractivity contribution in [3.05, 3.63) is 60.2 Å². The molecule has 1 aromatic carbocycles. The van der Waals surface area contributed by atoms with Crippen molar-refractivity contribution in [3.8, 4) is 0 Å². The highest BCUT2D eigenvalue weighted by Gasteiger charge is 2.23. The van der Waals surface area contributed by atoms with Crippen molar-refractivity contribution >= 4 is 6.03 Å². The van der Waals surface area contributed by atoms with Gasteiger partial charge in [-0.3, -0.25) is 0 Å². The lowest BCUT2D eigenvalue weighted by Gasteiger charge is -2.24. The number of carbonyl (C=O) groups excluding carboxylic acids is 1. The summed E-state index contributed by atoms with van der Waals surface area (Å²) in [5, 5.41) is 15.7. The number of nitrogens with one attached hydrogen (secondary N) is 2. The maximum absolute atomic E-state index is 12.9. The first kappa shape index (κ1) is 16.0. The van der Waals surface area contributed by atoms with Crippen LogP contribution in [-0.2, 0) is 12.1 Å². The van der Waals surface area contributed by atoms with Gasteiger partial charge in [0.15, 0.2) is 0 Å². The molecule has 1 heterocycles. The molecule has 0 spiro atoms. The van der Waals surface area contributed by atoms with Gasteiger partial charge in [0.2, 0.25) is 0 Å². The summed E-state index contributed by atoms with van der Waals surface area (Å²) in [6.07, 6.45) is 3.83. The SMILES string of the molecule is C[C@](O)(CNC(=O)NCCn1cccc1)c1ccc(F)cc1. The first-order valence-corrected chi connectivity index (χ1v) is 7.08. The average molecular weight is 305 g/mol. The highest BCUT2D eigenvalue weighted by atomic mass is 19.1. The third kappa shape index (κ3) is 4.60. The van der Waals surface area contributed by atoms with Crippen LogP contribution in [0.5, 0.6) is 0 Å². The molecule has 0 aliphatic carbocycles. The van der Waals surface area contributed by atoms with Crippen LogP contribution in [0.3, 0.4) is 0 Å². The van der Waals surface area contributed by atoms with E-state index >= 15 is 0 Å². The fourth-order valence-corrected chi connectivity index (χ4v) is 2.04. The normalized spacial score (nSPS) is 13.4. The van der Waals surface area contributed by atoms with E-state index in [9.17, 15) is 14.3 Å². The van der Waals surface area contributed by atoms with Crippen LogP contribution in [-0.4, -0.2) is 28.8 Å². The van der Waals surface area contributed by atoms with Crippen LogP contribution in [0.25, 0.3) is 0 Å². The second-order valence-corrected chi connectivity index (χ2v) is 5.31. The number of hydrogen-bond acceptors (Lipinski definition) is 2. The van der Waals surface area contributed by atoms with Crippen molar-refractivity contribution in [1.82, 2.24) is 15.2 Å². The molecule has 0 saturated carbocycles. The van der Waals surface area contributed by atoms with E-state index in [4.69, 9.17) is 0 Å². The van der Waals surface area contributed by atoms with E-state index in [0.29, 0.717) is 18.7 Å². The van der Waals surface area contributed by atoms with Gasteiger partial charge in [-0.2, -0.15) is 0 Å². The molecule has 0 unspecified atom stereocenters. The Labute approximate surface area is 128 Å². The number of aliphatic hydroxyl groups is 1. The van der Waals surface area contributed by atoms with Crippen molar-refractivity contribution in [2.24, 2.45) is 0 Å². The van der Waals surface area contributed by atoms with Gasteiger partial charge >= 0.3 is 6.03 Å². The van der Waals surface area contributed by atoms with Crippen molar-refractivity contribution in [1.29, 1.82) is 0 Å². The number of benzene rings is 1. The molecule has 2 rings (SSSR count). The Morgan fingerprint density at radius 3 is 2.50 bits per heavy atom. The summed E-state index contributed by atoms with van der Waals surface area (Å²) in [5.74, 6) is -0.365. The second-order valence-electron chi connectivity index (χ2n) is 5.31. The first-order chi connectivity index (χ1) is 10.5. The van der Waals surface area contributed by atoms with Crippen LogP contribution in [0, 0.1) is 5.82 Å². The molecule has 0 aliphatic rings. The number of carbonyl (C=O) groups is 1. The van der Waals surface area contributed by atoms with Crippen molar-refractivity contribution in [2.75, 3.05) is 13.1 Å². The van der Waals surface area contributed by atoms with Crippen LogP contribution in [0.15, 0.2) is 48.8 Å². The van der Waals surface area contributed by atoms with Crippen molar-refractivity contribution in [2.45, 2.75) is 19.1 Å². The fourth-order valence-electron chi connectivity index (χ4n) is 2.04. The van der Waals surface area contributed by atoms with Gasteiger partial charge in [-0.15, -0.1) is 0 Å². The van der Waals surface area contributed by atoms with E-state index in [1.54, 1.807) is 6.92 Å². The zero-order valence-electron chi connectivity index (χ0n) is 12.4. The molecule has 0 aliphatic heterocycles. The molecule has 1 atom stereocenters. The monoisotopic (exact) mass is 305 g/mol. The Kier molecular flexibility index (Phi) is 5.16. The van der Waals surface area contributed by atoms with Crippen LogP contribution in [0.1, 0.15) is 12.5 Å². The molecule has 0 fully saturated rings. The van der Waals surface area contributed by atoms with Gasteiger partial charge in [-0.25, -0.2) is 9.18 Å². The molecule has 22 heavy (non-hydrogen) atoms. The summed E-state index contributed by atoms with van der Waals surface area (Å²) >= 11 is 0. The van der Waals surface area contributed by atoms with Crippen LogP contribution in [0.2, 0.25) is 0 Å². The number of halogens is 1. The highest BCUT2D eigenvalue weighted by molar-refractivity contribution is 5.73. The molecule has 0 radical (unpaired) electrons. The molecule has 118 valence electrons. The summed E-state index contributed by atoms with van der Waals surface area (Å²) in [5.41, 5.74) is -0.715. The Morgan fingerprint density at radius 2 is 1.86 bits per heavy atom. The Hall–Kier alpha value is -2.34. The number of urea groups is 1. The number of rotatable bonds is 6. The zero-order chi connectivity index (χ0) is 16.0. The first-order valence-electron chi connectivity index (χ1n) is 7.08. The van der Waals surface area contributed by atoms with Gasteiger partial charge in [0.25, 0.3) is 0 Å². The second kappa shape index (κ2) is 7.09. The van der Waals surface area contributed by atoms with Gasteiger partial charge < -0.3 is 20.3 Å². The minimum absolute atomic E-state index is 0.0357. The highest BCUT2D eigenvalue weighted by Crippen LogP contribution is 2.19. The van der Waals surface area contributed by atoms with Crippen molar-refractivity contribution in [3.63, 3.8) is 0 Å². The lowest BCUT2D eigenvalue weighted by Crippen LogP contribution is -2.44. The predicted molar refractivity (Wildman–Crippen MR) is 81.8 cm³/mol. The maximum atomic E-state index is 12.9. The van der Waals surface area contributed by atoms with E-state index in [2.05, 4.69) is 10.6 Å². The van der Waals surface area contributed by atoms with Crippen LogP contribution in [0.4, 0.5) is 9.18 Å². The standard InChI is InChI=1S/C16H20FN3O2/c1-16(22,13-4-6-14(17)7-5-13)12-19-15(21)18-8-11-20-9-2-3-10-20/h2-7,9-10,22H,8,11-12H2,1H3,(H2,18,19,21)/t16-/m0/s1. The number of nitrogens with zero attached hydrogens (tertiary/aromatic N) is 1. The third-order valence-corrected chi connectivity index (χ3v) is 3.38. The van der Waals surface area contributed by atoms with E-state index in [-0.39, 0.29) is 18.4 Å². The molecule has 1 aromatic heterocycles. The quantitative estimate of drug-likeness (QED) is 0.762. The van der Waals surface area contributed by atoms with E-state index in [0.717, 1.165) is 0 Å². The van der Waals surface area contributed by atoms with E-state index < -0.39 is 5.60 Å². The fraction of sp³-hybridized carbons (Fsp3) is 0.312. The van der Waals surface area contributed by atoms with Gasteiger partial charge in [0.05, 0.1) is 6.54 Å². The number of amides is 2. The lowest BCUT2D eigenvalue weighted by molar-refractivity contribution is 0.0593. The number of aromatic nitrogens is 1. The third-order valence-electron chi connectivity index (χ3n) is 3.38. The lowest BCUT2D eigenvalue weighted by atomic mass is 9.96. The largest absolute Gasteiger partial charge is 0.384 e. The summed E-state index contributed by atoms with van der Waals surface area (Å²) in [6, 6.07) is 9.04. The van der Waals surface area contributed by atoms with Gasteiger partial charge in [-0.1, -0.05) is 12.1 Å². The van der Waals surface area contributed by atoms with Crippen LogP contribution >= 0.6 is 0 Å².